The van der Waals surface area contributed by atoms with Crippen molar-refractivity contribution in [1.29, 1.82) is 0 Å². The molecule has 0 heterocycles. The number of hydrogen-bond acceptors (Lipinski definition) is 6. The lowest BCUT2D eigenvalue weighted by Gasteiger charge is -2.43. The number of para-hydroxylation sites is 2. The maximum atomic E-state index is 14.0. The molecule has 0 aromatic heterocycles. The number of amides is 3. The number of alkyl carbamates (subject to hydrolysis) is 1. The van der Waals surface area contributed by atoms with Crippen molar-refractivity contribution in [3.63, 3.8) is 0 Å². The second kappa shape index (κ2) is 12.3. The van der Waals surface area contributed by atoms with E-state index in [0.717, 1.165) is 5.56 Å². The fraction of sp³-hybridized carbons (Fsp3) is 0.464. The molecule has 0 aliphatic carbocycles. The van der Waals surface area contributed by atoms with E-state index < -0.39 is 41.1 Å². The van der Waals surface area contributed by atoms with Gasteiger partial charge in [-0.3, -0.25) is 9.59 Å². The Kier molecular flexibility index (Phi) is 10.1. The van der Waals surface area contributed by atoms with Gasteiger partial charge in [-0.15, -0.1) is 0 Å². The summed E-state index contributed by atoms with van der Waals surface area (Å²) in [6.45, 7) is 13.9. The fourth-order valence-corrected chi connectivity index (χ4v) is 4.45. The normalized spacial score (nSPS) is 13.3. The van der Waals surface area contributed by atoms with Gasteiger partial charge in [0.1, 0.15) is 23.4 Å². The third-order valence-electron chi connectivity index (χ3n) is 5.67. The molecule has 208 valence electrons. The average Bonchev–Trinajstić information content (AvgIpc) is 2.78. The van der Waals surface area contributed by atoms with E-state index in [2.05, 4.69) is 23.3 Å². The van der Waals surface area contributed by atoms with Crippen molar-refractivity contribution < 1.29 is 24.2 Å². The number of halogens is 1. The highest BCUT2D eigenvalue weighted by molar-refractivity contribution is 7.80. The van der Waals surface area contributed by atoms with Crippen LogP contribution in [0.15, 0.2) is 36.4 Å². The molecular weight excluding hydrogens is 526 g/mol. The van der Waals surface area contributed by atoms with E-state index >= 15 is 0 Å². The molecule has 0 bridgehead atoms. The summed E-state index contributed by atoms with van der Waals surface area (Å²) in [5.41, 5.74) is 0.183. The molecular formula is C28H38ClN3O5S. The minimum atomic E-state index is -1.28. The topological polar surface area (TPSA) is 108 Å². The number of hydrogen-bond donors (Lipinski definition) is 4. The van der Waals surface area contributed by atoms with Crippen LogP contribution in [0.4, 0.5) is 10.5 Å². The van der Waals surface area contributed by atoms with Crippen molar-refractivity contribution >= 4 is 47.8 Å². The molecule has 2 rings (SSSR count). The van der Waals surface area contributed by atoms with Crippen molar-refractivity contribution in [3.8, 4) is 5.75 Å². The highest BCUT2D eigenvalue weighted by atomic mass is 35.5. The van der Waals surface area contributed by atoms with Crippen molar-refractivity contribution in [2.45, 2.75) is 78.6 Å². The van der Waals surface area contributed by atoms with Crippen LogP contribution in [0.25, 0.3) is 0 Å². The van der Waals surface area contributed by atoms with Crippen LogP contribution in [-0.2, 0) is 14.3 Å². The van der Waals surface area contributed by atoms with Crippen LogP contribution in [0.5, 0.6) is 5.75 Å². The number of rotatable bonds is 7. The maximum absolute atomic E-state index is 14.0. The number of aromatic hydroxyl groups is 1. The Balaban J connectivity index is 2.64. The zero-order chi connectivity index (χ0) is 29.0. The number of anilines is 1. The summed E-state index contributed by atoms with van der Waals surface area (Å²) in [5.74, 6) is -1.33. The van der Waals surface area contributed by atoms with Gasteiger partial charge in [0.25, 0.3) is 5.91 Å². The first kappa shape index (κ1) is 31.3. The molecule has 3 amide bonds. The Morgan fingerprint density at radius 1 is 1.03 bits per heavy atom. The van der Waals surface area contributed by atoms with Gasteiger partial charge in [0, 0.05) is 16.9 Å². The minimum absolute atomic E-state index is 0.0532. The van der Waals surface area contributed by atoms with Gasteiger partial charge < -0.3 is 25.4 Å². The number of carbonyl (C=O) groups excluding carboxylic acids is 3. The molecule has 2 aromatic rings. The van der Waals surface area contributed by atoms with Crippen molar-refractivity contribution in [2.24, 2.45) is 0 Å². The number of thiol groups is 1. The first-order chi connectivity index (χ1) is 17.5. The molecule has 2 aromatic carbocycles. The molecule has 2 unspecified atom stereocenters. The van der Waals surface area contributed by atoms with Gasteiger partial charge in [0.05, 0.1) is 10.7 Å². The predicted octanol–water partition coefficient (Wildman–Crippen LogP) is 5.79. The number of carbonyl (C=O) groups is 3. The number of nitrogens with zero attached hydrogens (tertiary/aromatic N) is 1. The van der Waals surface area contributed by atoms with Gasteiger partial charge in [0.15, 0.2) is 0 Å². The molecule has 0 aliphatic rings. The molecule has 2 atom stereocenters. The Morgan fingerprint density at radius 3 is 2.13 bits per heavy atom. The number of benzene rings is 2. The van der Waals surface area contributed by atoms with Gasteiger partial charge in [-0.05, 0) is 72.6 Å². The molecule has 10 heteroatoms. The van der Waals surface area contributed by atoms with E-state index in [-0.39, 0.29) is 17.1 Å². The monoisotopic (exact) mass is 563 g/mol. The third kappa shape index (κ3) is 7.80. The minimum Gasteiger partial charge on any atom is -0.507 e. The SMILES string of the molecule is Cc1cccc(C(C(=O)Nc2c(C)cccc2Cl)N(C(=O)C(CS)NC(=O)OC(C)(C)C)C(C)(C)C)c1O. The standard InChI is InChI=1S/C28H38ClN3O5S/c1-16-11-10-14-19(29)21(16)31-24(34)22(18-13-9-12-17(2)23(18)33)32(27(3,4)5)25(35)20(15-38)30-26(36)37-28(6,7)8/h9-14,20,22,33,38H,15H2,1-8H3,(H,30,36)(H,31,34). The van der Waals surface area contributed by atoms with Crippen molar-refractivity contribution in [3.05, 3.63) is 58.1 Å². The fourth-order valence-electron chi connectivity index (χ4n) is 3.93. The Hall–Kier alpha value is -2.91. The summed E-state index contributed by atoms with van der Waals surface area (Å²) in [5, 5.41) is 16.8. The largest absolute Gasteiger partial charge is 0.507 e. The molecule has 0 saturated carbocycles. The lowest BCUT2D eigenvalue weighted by atomic mass is 9.93. The number of nitrogens with one attached hydrogen (secondary N) is 2. The second-order valence-corrected chi connectivity index (χ2v) is 11.9. The zero-order valence-corrected chi connectivity index (χ0v) is 24.8. The van der Waals surface area contributed by atoms with Crippen LogP contribution in [0.2, 0.25) is 5.02 Å². The number of phenols is 1. The molecule has 8 nitrogen and oxygen atoms in total. The Morgan fingerprint density at radius 2 is 1.61 bits per heavy atom. The Labute approximate surface area is 235 Å². The number of aryl methyl sites for hydroxylation is 2. The lowest BCUT2D eigenvalue weighted by Crippen LogP contribution is -2.58. The highest BCUT2D eigenvalue weighted by Crippen LogP contribution is 2.37. The molecule has 0 radical (unpaired) electrons. The van der Waals surface area contributed by atoms with Crippen LogP contribution < -0.4 is 10.6 Å². The molecule has 0 fully saturated rings. The van der Waals surface area contributed by atoms with Gasteiger partial charge in [-0.25, -0.2) is 4.79 Å². The van der Waals surface area contributed by atoms with E-state index in [0.29, 0.717) is 16.3 Å². The highest BCUT2D eigenvalue weighted by Gasteiger charge is 2.43. The van der Waals surface area contributed by atoms with Crippen LogP contribution in [0.3, 0.4) is 0 Å². The van der Waals surface area contributed by atoms with E-state index in [4.69, 9.17) is 16.3 Å². The summed E-state index contributed by atoms with van der Waals surface area (Å²) in [6, 6.07) is 7.82. The van der Waals surface area contributed by atoms with Crippen LogP contribution in [0, 0.1) is 13.8 Å². The molecule has 0 aliphatic heterocycles. The van der Waals surface area contributed by atoms with Crippen LogP contribution >= 0.6 is 24.2 Å². The summed E-state index contributed by atoms with van der Waals surface area (Å²) in [6.07, 6.45) is -0.787. The third-order valence-corrected chi connectivity index (χ3v) is 6.35. The smallest absolute Gasteiger partial charge is 0.408 e. The first-order valence-corrected chi connectivity index (χ1v) is 13.3. The van der Waals surface area contributed by atoms with Gasteiger partial charge >= 0.3 is 6.09 Å². The summed E-state index contributed by atoms with van der Waals surface area (Å²) < 4.78 is 5.33. The van der Waals surface area contributed by atoms with E-state index in [1.165, 1.54) is 4.90 Å². The molecule has 0 saturated heterocycles. The number of phenolic OH excluding ortho intramolecular Hbond substituents is 1. The van der Waals surface area contributed by atoms with Crippen LogP contribution in [-0.4, -0.2) is 50.8 Å². The van der Waals surface area contributed by atoms with Gasteiger partial charge in [-0.1, -0.05) is 41.9 Å². The Bertz CT molecular complexity index is 1170. The van der Waals surface area contributed by atoms with Crippen molar-refractivity contribution in [1.82, 2.24) is 10.2 Å². The van der Waals surface area contributed by atoms with Gasteiger partial charge in [-0.2, -0.15) is 12.6 Å². The quantitative estimate of drug-likeness (QED) is 0.319. The lowest BCUT2D eigenvalue weighted by molar-refractivity contribution is -0.146. The van der Waals surface area contributed by atoms with E-state index in [1.54, 1.807) is 91.8 Å². The maximum Gasteiger partial charge on any atom is 0.408 e. The van der Waals surface area contributed by atoms with Crippen molar-refractivity contribution in [2.75, 3.05) is 11.1 Å². The molecule has 3 N–H and O–H groups in total. The molecule has 0 spiro atoms. The summed E-state index contributed by atoms with van der Waals surface area (Å²) >= 11 is 10.7. The van der Waals surface area contributed by atoms with Gasteiger partial charge in [0.2, 0.25) is 5.91 Å². The van der Waals surface area contributed by atoms with E-state index in [9.17, 15) is 19.5 Å². The average molecular weight is 564 g/mol. The van der Waals surface area contributed by atoms with E-state index in [1.807, 2.05) is 0 Å². The summed E-state index contributed by atoms with van der Waals surface area (Å²) in [4.78, 5) is 41.9. The first-order valence-electron chi connectivity index (χ1n) is 12.3. The van der Waals surface area contributed by atoms with Crippen LogP contribution in [0.1, 0.15) is 64.3 Å². The zero-order valence-electron chi connectivity index (χ0n) is 23.2. The predicted molar refractivity (Wildman–Crippen MR) is 154 cm³/mol. The second-order valence-electron chi connectivity index (χ2n) is 11.1. The number of ether oxygens (including phenoxy) is 1. The summed E-state index contributed by atoms with van der Waals surface area (Å²) in [7, 11) is 0. The molecule has 38 heavy (non-hydrogen) atoms.